The van der Waals surface area contributed by atoms with Gasteiger partial charge in [-0.15, -0.1) is 11.3 Å². The number of halogens is 1. The summed E-state index contributed by atoms with van der Waals surface area (Å²) in [5, 5.41) is 7.45. The average Bonchev–Trinajstić information content (AvgIpc) is 3.30. The third-order valence-corrected chi connectivity index (χ3v) is 5.34. The molecule has 0 aliphatic carbocycles. The average molecular weight is 439 g/mol. The summed E-state index contributed by atoms with van der Waals surface area (Å²) < 4.78 is 18.1. The van der Waals surface area contributed by atoms with E-state index in [0.29, 0.717) is 30.7 Å². The van der Waals surface area contributed by atoms with Crippen LogP contribution in [0.5, 0.6) is 5.75 Å². The fourth-order valence-electron chi connectivity index (χ4n) is 2.85. The Bertz CT molecular complexity index is 1030. The van der Waals surface area contributed by atoms with Crippen molar-refractivity contribution in [1.82, 2.24) is 10.6 Å². The van der Waals surface area contributed by atoms with Crippen molar-refractivity contribution in [2.75, 3.05) is 13.7 Å². The maximum absolute atomic E-state index is 13.0. The summed E-state index contributed by atoms with van der Waals surface area (Å²) in [5.41, 5.74) is 1.59. The molecule has 0 atom stereocenters. The molecule has 0 unspecified atom stereocenters. The van der Waals surface area contributed by atoms with E-state index in [1.807, 2.05) is 17.5 Å². The zero-order valence-electron chi connectivity index (χ0n) is 17.1. The molecule has 2 aromatic carbocycles. The maximum Gasteiger partial charge on any atom is 0.267 e. The first-order chi connectivity index (χ1) is 15.0. The second-order valence-corrected chi connectivity index (χ2v) is 7.72. The molecule has 2 N–H and O–H groups in total. The van der Waals surface area contributed by atoms with Crippen molar-refractivity contribution < 1.29 is 18.7 Å². The summed E-state index contributed by atoms with van der Waals surface area (Å²) >= 11 is 1.47. The van der Waals surface area contributed by atoms with E-state index in [9.17, 15) is 14.0 Å². The van der Waals surface area contributed by atoms with Gasteiger partial charge < -0.3 is 15.4 Å². The number of thiophene rings is 1. The van der Waals surface area contributed by atoms with Gasteiger partial charge in [0.2, 0.25) is 0 Å². The minimum Gasteiger partial charge on any atom is -0.497 e. The number of nitrogens with one attached hydrogen (secondary N) is 2. The third kappa shape index (κ3) is 6.79. The highest BCUT2D eigenvalue weighted by Crippen LogP contribution is 2.15. The summed E-state index contributed by atoms with van der Waals surface area (Å²) in [6.45, 7) is 0.427. The molecule has 0 fully saturated rings. The predicted molar refractivity (Wildman–Crippen MR) is 120 cm³/mol. The molecule has 1 aromatic heterocycles. The van der Waals surface area contributed by atoms with Crippen LogP contribution in [0.15, 0.2) is 71.7 Å². The van der Waals surface area contributed by atoms with Crippen LogP contribution in [0.2, 0.25) is 0 Å². The van der Waals surface area contributed by atoms with Gasteiger partial charge in [0, 0.05) is 17.0 Å². The van der Waals surface area contributed by atoms with Crippen molar-refractivity contribution in [3.05, 3.63) is 93.6 Å². The van der Waals surface area contributed by atoms with Crippen LogP contribution >= 0.6 is 11.3 Å². The van der Waals surface area contributed by atoms with Gasteiger partial charge in [-0.2, -0.15) is 0 Å². The normalized spacial score (nSPS) is 11.1. The van der Waals surface area contributed by atoms with Crippen LogP contribution in [0, 0.1) is 5.82 Å². The molecular weight excluding hydrogens is 415 g/mol. The number of ether oxygens (including phenoxy) is 1. The largest absolute Gasteiger partial charge is 0.497 e. The molecule has 1 heterocycles. The van der Waals surface area contributed by atoms with E-state index in [4.69, 9.17) is 4.74 Å². The van der Waals surface area contributed by atoms with Crippen molar-refractivity contribution >= 4 is 29.2 Å². The molecule has 0 saturated carbocycles. The summed E-state index contributed by atoms with van der Waals surface area (Å²) in [6, 6.07) is 16.7. The Morgan fingerprint density at radius 2 is 1.81 bits per heavy atom. The van der Waals surface area contributed by atoms with Crippen molar-refractivity contribution in [2.24, 2.45) is 0 Å². The Morgan fingerprint density at radius 1 is 1.06 bits per heavy atom. The van der Waals surface area contributed by atoms with E-state index < -0.39 is 0 Å². The lowest BCUT2D eigenvalue weighted by Gasteiger charge is -2.11. The number of methoxy groups -OCH3 is 1. The van der Waals surface area contributed by atoms with Crippen molar-refractivity contribution in [3.63, 3.8) is 0 Å². The number of rotatable bonds is 9. The Kier molecular flexibility index (Phi) is 7.95. The van der Waals surface area contributed by atoms with E-state index >= 15 is 0 Å². The van der Waals surface area contributed by atoms with E-state index in [1.165, 1.54) is 23.5 Å². The number of benzene rings is 2. The van der Waals surface area contributed by atoms with Gasteiger partial charge in [0.25, 0.3) is 11.8 Å². The minimum absolute atomic E-state index is 0.171. The van der Waals surface area contributed by atoms with Crippen LogP contribution in [0.4, 0.5) is 4.39 Å². The van der Waals surface area contributed by atoms with Crippen molar-refractivity contribution in [1.29, 1.82) is 0 Å². The van der Waals surface area contributed by atoms with Gasteiger partial charge in [-0.3, -0.25) is 9.59 Å². The number of aryl methyl sites for hydroxylation is 1. The van der Waals surface area contributed by atoms with Crippen LogP contribution in [0.25, 0.3) is 6.08 Å². The van der Waals surface area contributed by atoms with Gasteiger partial charge in [0.1, 0.15) is 17.3 Å². The highest BCUT2D eigenvalue weighted by Gasteiger charge is 2.15. The maximum atomic E-state index is 13.0. The van der Waals surface area contributed by atoms with Crippen LogP contribution in [-0.4, -0.2) is 25.5 Å². The SMILES string of the molecule is COc1ccc(C(=O)N/C(=C\c2cccs2)C(=O)NCCCc2ccc(F)cc2)cc1. The fourth-order valence-corrected chi connectivity index (χ4v) is 3.51. The molecule has 3 rings (SSSR count). The molecule has 0 aliphatic rings. The van der Waals surface area contributed by atoms with Gasteiger partial charge >= 0.3 is 0 Å². The van der Waals surface area contributed by atoms with E-state index in [-0.39, 0.29) is 23.3 Å². The molecule has 0 radical (unpaired) electrons. The Hall–Kier alpha value is -3.45. The first kappa shape index (κ1) is 22.2. The monoisotopic (exact) mass is 438 g/mol. The molecule has 0 saturated heterocycles. The Balaban J connectivity index is 1.61. The quantitative estimate of drug-likeness (QED) is 0.384. The lowest BCUT2D eigenvalue weighted by Crippen LogP contribution is -2.35. The molecule has 160 valence electrons. The standard InChI is InChI=1S/C24H23FN2O3S/c1-30-20-12-8-18(9-13-20)23(28)27-22(16-21-5-3-15-31-21)24(29)26-14-2-4-17-6-10-19(25)11-7-17/h3,5-13,15-16H,2,4,14H2,1H3,(H,26,29)(H,27,28)/b22-16-. The van der Waals surface area contributed by atoms with Crippen LogP contribution in [-0.2, 0) is 11.2 Å². The van der Waals surface area contributed by atoms with Gasteiger partial charge in [-0.05, 0) is 72.3 Å². The smallest absolute Gasteiger partial charge is 0.267 e. The second-order valence-electron chi connectivity index (χ2n) is 6.74. The van der Waals surface area contributed by atoms with E-state index in [2.05, 4.69) is 10.6 Å². The number of hydrogen-bond donors (Lipinski definition) is 2. The van der Waals surface area contributed by atoms with Crippen LogP contribution in [0.3, 0.4) is 0 Å². The summed E-state index contributed by atoms with van der Waals surface area (Å²) in [6.07, 6.45) is 3.06. The molecule has 5 nitrogen and oxygen atoms in total. The first-order valence-electron chi connectivity index (χ1n) is 9.78. The number of carbonyl (C=O) groups excluding carboxylic acids is 2. The van der Waals surface area contributed by atoms with Gasteiger partial charge in [0.15, 0.2) is 0 Å². The molecule has 0 aliphatic heterocycles. The summed E-state index contributed by atoms with van der Waals surface area (Å²) in [5.74, 6) is -0.376. The van der Waals surface area contributed by atoms with E-state index in [0.717, 1.165) is 10.4 Å². The zero-order chi connectivity index (χ0) is 22.1. The Morgan fingerprint density at radius 3 is 2.45 bits per heavy atom. The lowest BCUT2D eigenvalue weighted by molar-refractivity contribution is -0.117. The minimum atomic E-state index is -0.382. The van der Waals surface area contributed by atoms with Crippen LogP contribution in [0.1, 0.15) is 27.2 Å². The second kappa shape index (κ2) is 11.1. The van der Waals surface area contributed by atoms with Gasteiger partial charge in [0.05, 0.1) is 7.11 Å². The first-order valence-corrected chi connectivity index (χ1v) is 10.7. The fraction of sp³-hybridized carbons (Fsp3) is 0.167. The molecule has 3 aromatic rings. The topological polar surface area (TPSA) is 67.4 Å². The molecule has 0 spiro atoms. The molecule has 7 heteroatoms. The predicted octanol–water partition coefficient (Wildman–Crippen LogP) is 4.42. The third-order valence-electron chi connectivity index (χ3n) is 4.52. The van der Waals surface area contributed by atoms with Gasteiger partial charge in [-0.1, -0.05) is 18.2 Å². The zero-order valence-corrected chi connectivity index (χ0v) is 17.9. The number of carbonyl (C=O) groups is 2. The molecule has 2 amide bonds. The van der Waals surface area contributed by atoms with Crippen LogP contribution < -0.4 is 15.4 Å². The lowest BCUT2D eigenvalue weighted by atomic mass is 10.1. The van der Waals surface area contributed by atoms with Crippen molar-refractivity contribution in [3.8, 4) is 5.75 Å². The summed E-state index contributed by atoms with van der Waals surface area (Å²) in [7, 11) is 1.55. The highest BCUT2D eigenvalue weighted by atomic mass is 32.1. The number of hydrogen-bond acceptors (Lipinski definition) is 4. The number of amides is 2. The van der Waals surface area contributed by atoms with E-state index in [1.54, 1.807) is 49.6 Å². The molecular formula is C24H23FN2O3S. The Labute approximate surface area is 184 Å². The molecule has 31 heavy (non-hydrogen) atoms. The van der Waals surface area contributed by atoms with Crippen molar-refractivity contribution in [2.45, 2.75) is 12.8 Å². The van der Waals surface area contributed by atoms with Gasteiger partial charge in [-0.25, -0.2) is 4.39 Å². The molecule has 0 bridgehead atoms. The summed E-state index contributed by atoms with van der Waals surface area (Å²) in [4.78, 5) is 26.2. The highest BCUT2D eigenvalue weighted by molar-refractivity contribution is 7.10.